The fourth-order valence-corrected chi connectivity index (χ4v) is 0.611. The highest BCUT2D eigenvalue weighted by atomic mass is 16.6. The number of hydrogen-bond donors (Lipinski definition) is 1. The first kappa shape index (κ1) is 7.32. The molecule has 1 unspecified atom stereocenters. The summed E-state index contributed by atoms with van der Waals surface area (Å²) in [6.45, 7) is 0. The van der Waals surface area contributed by atoms with E-state index in [0.717, 1.165) is 12.3 Å². The van der Waals surface area contributed by atoms with E-state index in [2.05, 4.69) is 10.2 Å². The van der Waals surface area contributed by atoms with Crippen molar-refractivity contribution in [3.8, 4) is 0 Å². The first-order chi connectivity index (χ1) is 5.09. The van der Waals surface area contributed by atoms with Gasteiger partial charge < -0.3 is 5.73 Å². The Morgan fingerprint density at radius 3 is 2.55 bits per heavy atom. The van der Waals surface area contributed by atoms with Crippen LogP contribution in [0.3, 0.4) is 0 Å². The third kappa shape index (κ3) is 0.858. The van der Waals surface area contributed by atoms with Crippen LogP contribution >= 0.6 is 0 Å². The molecule has 1 atom stereocenters. The zero-order valence-corrected chi connectivity index (χ0v) is 5.30. The van der Waals surface area contributed by atoms with Crippen LogP contribution in [0.5, 0.6) is 0 Å². The van der Waals surface area contributed by atoms with E-state index in [4.69, 9.17) is 5.73 Å². The van der Waals surface area contributed by atoms with Crippen molar-refractivity contribution in [3.63, 3.8) is 0 Å². The molecule has 0 bridgehead atoms. The van der Waals surface area contributed by atoms with Crippen LogP contribution in [-0.2, 0) is 4.79 Å². The summed E-state index contributed by atoms with van der Waals surface area (Å²) in [5.41, 5.74) is 2.58. The average molecular weight is 156 g/mol. The minimum Gasteiger partial charge on any atom is -0.361 e. The molecule has 1 rings (SSSR count). The lowest BCUT2D eigenvalue weighted by Crippen LogP contribution is -2.46. The number of amides is 1. The first-order valence-corrected chi connectivity index (χ1v) is 2.64. The van der Waals surface area contributed by atoms with Crippen LogP contribution < -0.4 is 5.73 Å². The second-order valence-corrected chi connectivity index (χ2v) is 1.88. The first-order valence-electron chi connectivity index (χ1n) is 2.64. The summed E-state index contributed by atoms with van der Waals surface area (Å²) in [6, 6.07) is 0. The van der Waals surface area contributed by atoms with Crippen LogP contribution in [0.1, 0.15) is 0 Å². The third-order valence-corrected chi connectivity index (χ3v) is 1.22. The Bertz CT molecular complexity index is 241. The number of primary amides is 1. The maximum atomic E-state index is 10.5. The monoisotopic (exact) mass is 156 g/mol. The van der Waals surface area contributed by atoms with Gasteiger partial charge in [0.2, 0.25) is 0 Å². The Labute approximate surface area is 60.7 Å². The van der Waals surface area contributed by atoms with E-state index in [1.54, 1.807) is 0 Å². The number of carbonyl (C=O) groups is 1. The predicted octanol–water partition coefficient (Wildman–Crippen LogP) is -0.576. The van der Waals surface area contributed by atoms with E-state index in [0.29, 0.717) is 0 Å². The SMILES string of the molecule is NC(=O)C1([N+](=O)[O-])C=CN=N1. The smallest absolute Gasteiger partial charge is 0.361 e. The number of rotatable bonds is 2. The highest BCUT2D eigenvalue weighted by molar-refractivity contribution is 5.85. The van der Waals surface area contributed by atoms with Gasteiger partial charge in [-0.15, -0.1) is 0 Å². The van der Waals surface area contributed by atoms with Gasteiger partial charge in [0.25, 0.3) is 0 Å². The minimum absolute atomic E-state index is 0.887. The second-order valence-electron chi connectivity index (χ2n) is 1.88. The molecule has 2 N–H and O–H groups in total. The largest absolute Gasteiger partial charge is 0.428 e. The molecule has 11 heavy (non-hydrogen) atoms. The molecule has 1 aliphatic rings. The zero-order valence-electron chi connectivity index (χ0n) is 5.30. The van der Waals surface area contributed by atoms with E-state index in [1.165, 1.54) is 0 Å². The molecule has 0 aromatic rings. The minimum atomic E-state index is -2.17. The molecular formula is C4H4N4O3. The molecule has 1 heterocycles. The quantitative estimate of drug-likeness (QED) is 0.426. The number of nitro groups is 1. The van der Waals surface area contributed by atoms with Crippen molar-refractivity contribution in [1.29, 1.82) is 0 Å². The number of nitrogens with zero attached hydrogens (tertiary/aromatic N) is 3. The number of carbonyl (C=O) groups excluding carboxylic acids is 1. The van der Waals surface area contributed by atoms with Gasteiger partial charge in [-0.05, 0) is 0 Å². The van der Waals surface area contributed by atoms with Crippen molar-refractivity contribution in [2.75, 3.05) is 0 Å². The molecule has 0 saturated heterocycles. The van der Waals surface area contributed by atoms with Crippen molar-refractivity contribution >= 4 is 5.91 Å². The lowest BCUT2D eigenvalue weighted by Gasteiger charge is -2.06. The molecule has 1 aliphatic heterocycles. The van der Waals surface area contributed by atoms with Crippen molar-refractivity contribution in [3.05, 3.63) is 22.4 Å². The van der Waals surface area contributed by atoms with Crippen molar-refractivity contribution < 1.29 is 9.72 Å². The predicted molar refractivity (Wildman–Crippen MR) is 32.9 cm³/mol. The summed E-state index contributed by atoms with van der Waals surface area (Å²) in [4.78, 5) is 19.9. The Kier molecular flexibility index (Phi) is 1.41. The van der Waals surface area contributed by atoms with Gasteiger partial charge in [-0.25, -0.2) is 0 Å². The maximum absolute atomic E-state index is 10.5. The summed E-state index contributed by atoms with van der Waals surface area (Å²) in [7, 11) is 0. The van der Waals surface area contributed by atoms with Crippen LogP contribution in [-0.4, -0.2) is 16.5 Å². The highest BCUT2D eigenvalue weighted by Gasteiger charge is 2.49. The summed E-state index contributed by atoms with van der Waals surface area (Å²) in [5.74, 6) is -1.14. The van der Waals surface area contributed by atoms with Gasteiger partial charge in [-0.2, -0.15) is 5.11 Å². The molecule has 7 nitrogen and oxygen atoms in total. The Morgan fingerprint density at radius 1 is 1.73 bits per heavy atom. The molecule has 0 spiro atoms. The van der Waals surface area contributed by atoms with Gasteiger partial charge in [-0.1, -0.05) is 5.11 Å². The van der Waals surface area contributed by atoms with Gasteiger partial charge in [0.15, 0.2) is 0 Å². The topological polar surface area (TPSA) is 111 Å². The van der Waals surface area contributed by atoms with Gasteiger partial charge in [-0.3, -0.25) is 14.9 Å². The van der Waals surface area contributed by atoms with Gasteiger partial charge in [0.05, 0.1) is 11.1 Å². The molecular weight excluding hydrogens is 152 g/mol. The standard InChI is InChI=1S/C4H4N4O3/c5-3(9)4(8(10)11)1-2-6-7-4/h1-2H,(H2,5,9). The molecule has 0 fully saturated rings. The molecule has 7 heteroatoms. The second kappa shape index (κ2) is 2.11. The van der Waals surface area contributed by atoms with Crippen LogP contribution in [0.4, 0.5) is 0 Å². The van der Waals surface area contributed by atoms with Crippen molar-refractivity contribution in [2.24, 2.45) is 16.0 Å². The van der Waals surface area contributed by atoms with E-state index >= 15 is 0 Å². The van der Waals surface area contributed by atoms with Crippen molar-refractivity contribution in [1.82, 2.24) is 0 Å². The molecule has 0 aromatic heterocycles. The fraction of sp³-hybridized carbons (Fsp3) is 0.250. The lowest BCUT2D eigenvalue weighted by atomic mass is 10.2. The number of hydrogen-bond acceptors (Lipinski definition) is 5. The van der Waals surface area contributed by atoms with Crippen LogP contribution in [0.15, 0.2) is 22.5 Å². The van der Waals surface area contributed by atoms with Crippen LogP contribution in [0.2, 0.25) is 0 Å². The fourth-order valence-electron chi connectivity index (χ4n) is 0.611. The van der Waals surface area contributed by atoms with E-state index in [1.807, 2.05) is 0 Å². The van der Waals surface area contributed by atoms with Gasteiger partial charge in [0, 0.05) is 6.08 Å². The maximum Gasteiger partial charge on any atom is 0.428 e. The van der Waals surface area contributed by atoms with Gasteiger partial charge >= 0.3 is 11.6 Å². The summed E-state index contributed by atoms with van der Waals surface area (Å²) >= 11 is 0. The van der Waals surface area contributed by atoms with E-state index in [-0.39, 0.29) is 0 Å². The molecule has 0 saturated carbocycles. The lowest BCUT2D eigenvalue weighted by molar-refractivity contribution is -0.536. The summed E-state index contributed by atoms with van der Waals surface area (Å²) < 4.78 is 0. The highest BCUT2D eigenvalue weighted by Crippen LogP contribution is 2.19. The zero-order chi connectivity index (χ0) is 8.48. The molecule has 0 aliphatic carbocycles. The normalized spacial score (nSPS) is 27.3. The third-order valence-electron chi connectivity index (χ3n) is 1.22. The van der Waals surface area contributed by atoms with Crippen LogP contribution in [0, 0.1) is 10.1 Å². The number of azo groups is 1. The van der Waals surface area contributed by atoms with Gasteiger partial charge in [0.1, 0.15) is 0 Å². The number of nitrogens with two attached hydrogens (primary N) is 1. The Balaban J connectivity index is 3.09. The summed E-state index contributed by atoms with van der Waals surface area (Å²) in [6.07, 6.45) is 2.00. The molecule has 1 amide bonds. The van der Waals surface area contributed by atoms with Crippen LogP contribution in [0.25, 0.3) is 0 Å². The molecule has 0 radical (unpaired) electrons. The Morgan fingerprint density at radius 2 is 2.36 bits per heavy atom. The average Bonchev–Trinajstić information content (AvgIpc) is 2.34. The van der Waals surface area contributed by atoms with E-state index in [9.17, 15) is 14.9 Å². The van der Waals surface area contributed by atoms with Crippen molar-refractivity contribution in [2.45, 2.75) is 5.66 Å². The Hall–Kier alpha value is -1.79. The molecule has 58 valence electrons. The summed E-state index contributed by atoms with van der Waals surface area (Å²) in [5, 5.41) is 16.6. The molecule has 0 aromatic carbocycles. The van der Waals surface area contributed by atoms with E-state index < -0.39 is 16.5 Å².